The van der Waals surface area contributed by atoms with E-state index in [2.05, 4.69) is 5.32 Å². The van der Waals surface area contributed by atoms with E-state index in [1.807, 2.05) is 0 Å². The minimum absolute atomic E-state index is 0.126. The van der Waals surface area contributed by atoms with Gasteiger partial charge in [-0.1, -0.05) is 19.8 Å². The van der Waals surface area contributed by atoms with Gasteiger partial charge in [-0.05, 0) is 17.7 Å². The number of aromatic hydroxyl groups is 2. The average molecular weight is 218 g/mol. The van der Waals surface area contributed by atoms with E-state index in [9.17, 15) is 15.3 Å². The largest absolute Gasteiger partial charge is 0.504 e. The number of benzene rings is 1. The number of hydrogen-bond donors (Lipinski definition) is 4. The summed E-state index contributed by atoms with van der Waals surface area (Å²) in [6.45, 7) is -6.82. The Kier molecular flexibility index (Phi) is 1.73. The first-order valence-corrected chi connectivity index (χ1v) is 4.24. The van der Waals surface area contributed by atoms with E-state index in [1.54, 1.807) is 0 Å². The number of aliphatic hydroxyl groups excluding tert-OH is 1. The van der Waals surface area contributed by atoms with Crippen LogP contribution in [0.25, 0.3) is 0 Å². The number of aliphatic hydroxyl groups is 1. The summed E-state index contributed by atoms with van der Waals surface area (Å²) in [5.74, 6) is -0.885. The maximum Gasteiger partial charge on any atom is 0.157 e. The molecule has 0 aliphatic carbocycles. The Hall–Kier alpha value is -1.26. The summed E-state index contributed by atoms with van der Waals surface area (Å²) >= 11 is 0. The number of rotatable bonds is 4. The van der Waals surface area contributed by atoms with Crippen LogP contribution in [0.4, 0.5) is 0 Å². The van der Waals surface area contributed by atoms with Crippen LogP contribution in [0.1, 0.15) is 35.0 Å². The molecule has 0 saturated carbocycles. The first-order valence-electron chi connectivity index (χ1n) is 7.74. The lowest BCUT2D eigenvalue weighted by molar-refractivity contribution is 0.171. The van der Waals surface area contributed by atoms with E-state index in [-0.39, 0.29) is 5.56 Å². The maximum atomic E-state index is 9.92. The van der Waals surface area contributed by atoms with Crippen molar-refractivity contribution in [1.29, 1.82) is 0 Å². The second kappa shape index (κ2) is 5.00. The monoisotopic (exact) mass is 218 g/mol. The van der Waals surface area contributed by atoms with Crippen molar-refractivity contribution in [3.05, 3.63) is 23.8 Å². The Bertz CT molecular complexity index is 515. The molecule has 1 rings (SSSR count). The molecular formula is C11H17NO3. The average Bonchev–Trinajstić information content (AvgIpc) is 2.36. The fraction of sp³-hybridized carbons (Fsp3) is 0.455. The molecule has 0 saturated heterocycles. The van der Waals surface area contributed by atoms with Crippen molar-refractivity contribution in [3.63, 3.8) is 0 Å². The zero-order chi connectivity index (χ0) is 17.3. The van der Waals surface area contributed by atoms with Crippen LogP contribution in [-0.4, -0.2) is 27.9 Å². The Labute approximate surface area is 99.0 Å². The quantitative estimate of drug-likeness (QED) is 0.572. The van der Waals surface area contributed by atoms with Crippen LogP contribution in [0, 0.1) is 0 Å². The molecule has 1 atom stereocenters. The number of hydrogen-bond acceptors (Lipinski definition) is 4. The molecule has 0 spiro atoms. The lowest BCUT2D eigenvalue weighted by Gasteiger charge is -2.14. The number of phenolic OH excluding ortho intramolecular Hbond substituents is 2. The third-order valence-corrected chi connectivity index (χ3v) is 1.86. The normalized spacial score (nSPS) is 22.3. The molecule has 0 aromatic heterocycles. The molecule has 84 valence electrons. The van der Waals surface area contributed by atoms with Crippen molar-refractivity contribution >= 4 is 0 Å². The molecule has 0 amide bonds. The maximum absolute atomic E-state index is 9.92. The summed E-state index contributed by atoms with van der Waals surface area (Å²) in [6, 6.07) is 0.505. The highest BCUT2D eigenvalue weighted by atomic mass is 16.3. The van der Waals surface area contributed by atoms with Gasteiger partial charge in [-0.2, -0.15) is 0 Å². The van der Waals surface area contributed by atoms with Gasteiger partial charge in [-0.15, -0.1) is 0 Å². The van der Waals surface area contributed by atoms with Crippen LogP contribution in [0.15, 0.2) is 18.2 Å². The first-order chi connectivity index (χ1) is 9.79. The minimum Gasteiger partial charge on any atom is -0.504 e. The van der Waals surface area contributed by atoms with Crippen LogP contribution < -0.4 is 5.32 Å². The molecule has 4 N–H and O–H groups in total. The Morgan fingerprint density at radius 1 is 1.40 bits per heavy atom. The van der Waals surface area contributed by atoms with Crippen LogP contribution in [0.3, 0.4) is 0 Å². The highest BCUT2D eigenvalue weighted by Crippen LogP contribution is 2.27. The molecule has 1 unspecified atom stereocenters. The lowest BCUT2D eigenvalue weighted by Crippen LogP contribution is -2.27. The van der Waals surface area contributed by atoms with E-state index in [1.165, 1.54) is 6.07 Å². The third kappa shape index (κ3) is 3.42. The summed E-state index contributed by atoms with van der Waals surface area (Å²) in [7, 11) is 0. The van der Waals surface area contributed by atoms with Crippen LogP contribution in [-0.2, 0) is 0 Å². The fourth-order valence-corrected chi connectivity index (χ4v) is 1.06. The van der Waals surface area contributed by atoms with Gasteiger partial charge in [0.1, 0.15) is 0 Å². The zero-order valence-electron chi connectivity index (χ0n) is 14.9. The molecule has 0 bridgehead atoms. The fourth-order valence-electron chi connectivity index (χ4n) is 1.06. The minimum atomic E-state index is -3.14. The Morgan fingerprint density at radius 3 is 2.73 bits per heavy atom. The molecule has 0 fully saturated rings. The summed E-state index contributed by atoms with van der Waals surface area (Å²) < 4.78 is 51.0. The van der Waals surface area contributed by atoms with Crippen molar-refractivity contribution in [3.8, 4) is 11.5 Å². The summed E-state index contributed by atoms with van der Waals surface area (Å²) in [6.07, 6.45) is -1.37. The zero-order valence-corrected chi connectivity index (χ0v) is 7.86. The van der Waals surface area contributed by atoms with Crippen molar-refractivity contribution in [2.24, 2.45) is 0 Å². The van der Waals surface area contributed by atoms with Gasteiger partial charge in [0.05, 0.1) is 6.10 Å². The standard InChI is InChI=1S/C11H17NO3/c1-7(2)12-6-11(15)8-3-4-9(13)10(14)5-8/h3-5,7,11-15H,6H2,1-2H3/i1D3,2D3,7D. The summed E-state index contributed by atoms with van der Waals surface area (Å²) in [5, 5.41) is 30.5. The molecular weight excluding hydrogens is 194 g/mol. The SMILES string of the molecule is [2H]C([2H])([2H])C([2H])(NCC(O)c1ccc(O)c(O)c1)C([2H])([2H])[2H]. The highest BCUT2D eigenvalue weighted by Gasteiger charge is 2.10. The second-order valence-electron chi connectivity index (χ2n) is 3.02. The molecule has 4 heteroatoms. The lowest BCUT2D eigenvalue weighted by atomic mass is 10.1. The van der Waals surface area contributed by atoms with E-state index in [4.69, 9.17) is 9.60 Å². The predicted octanol–water partition coefficient (Wildman–Crippen LogP) is 1.13. The molecule has 1 aromatic rings. The van der Waals surface area contributed by atoms with E-state index in [0.29, 0.717) is 0 Å². The van der Waals surface area contributed by atoms with Gasteiger partial charge in [0.15, 0.2) is 11.5 Å². The molecule has 0 aliphatic heterocycles. The second-order valence-corrected chi connectivity index (χ2v) is 3.02. The molecule has 0 heterocycles. The van der Waals surface area contributed by atoms with Gasteiger partial charge in [-0.3, -0.25) is 0 Å². The topological polar surface area (TPSA) is 72.7 Å². The van der Waals surface area contributed by atoms with Gasteiger partial charge >= 0.3 is 0 Å². The van der Waals surface area contributed by atoms with E-state index >= 15 is 0 Å². The van der Waals surface area contributed by atoms with Crippen LogP contribution in [0.5, 0.6) is 11.5 Å². The molecule has 1 aromatic carbocycles. The number of nitrogens with one attached hydrogen (secondary N) is 1. The molecule has 0 radical (unpaired) electrons. The van der Waals surface area contributed by atoms with Crippen molar-refractivity contribution in [1.82, 2.24) is 5.32 Å². The molecule has 0 aliphatic rings. The van der Waals surface area contributed by atoms with Gasteiger partial charge in [0.25, 0.3) is 0 Å². The van der Waals surface area contributed by atoms with Crippen molar-refractivity contribution in [2.75, 3.05) is 6.54 Å². The van der Waals surface area contributed by atoms with Gasteiger partial charge in [-0.25, -0.2) is 0 Å². The van der Waals surface area contributed by atoms with E-state index in [0.717, 1.165) is 12.1 Å². The Morgan fingerprint density at radius 2 is 2.13 bits per heavy atom. The Balaban J connectivity index is 2.92. The van der Waals surface area contributed by atoms with Gasteiger partial charge in [0, 0.05) is 22.2 Å². The van der Waals surface area contributed by atoms with E-state index < -0.39 is 43.9 Å². The first kappa shape index (κ1) is 5.18. The van der Waals surface area contributed by atoms with Crippen LogP contribution >= 0.6 is 0 Å². The predicted molar refractivity (Wildman–Crippen MR) is 57.9 cm³/mol. The highest BCUT2D eigenvalue weighted by molar-refractivity contribution is 5.41. The third-order valence-electron chi connectivity index (χ3n) is 1.86. The summed E-state index contributed by atoms with van der Waals surface area (Å²) in [5.41, 5.74) is 0.126. The molecule has 4 nitrogen and oxygen atoms in total. The van der Waals surface area contributed by atoms with Gasteiger partial charge in [0.2, 0.25) is 0 Å². The van der Waals surface area contributed by atoms with Crippen LogP contribution in [0.2, 0.25) is 0 Å². The van der Waals surface area contributed by atoms with Gasteiger partial charge < -0.3 is 20.6 Å². The molecule has 15 heavy (non-hydrogen) atoms. The van der Waals surface area contributed by atoms with Crippen molar-refractivity contribution < 1.29 is 24.9 Å². The van der Waals surface area contributed by atoms with Crippen molar-refractivity contribution in [2.45, 2.75) is 25.8 Å². The smallest absolute Gasteiger partial charge is 0.157 e. The number of phenols is 2. The summed E-state index contributed by atoms with van der Waals surface area (Å²) in [4.78, 5) is 0.